The molecule has 6 atom stereocenters. The summed E-state index contributed by atoms with van der Waals surface area (Å²) in [6.07, 6.45) is -1.28. The molecule has 1 amide bonds. The summed E-state index contributed by atoms with van der Waals surface area (Å²) < 4.78 is 11.3. The molecule has 0 aromatic carbocycles. The molecule has 150 valence electrons. The summed E-state index contributed by atoms with van der Waals surface area (Å²) in [6.45, 7) is 4.78. The van der Waals surface area contributed by atoms with Crippen molar-refractivity contribution in [3.05, 3.63) is 37.1 Å². The smallest absolute Gasteiger partial charge is 0.217 e. The molecule has 2 heterocycles. The van der Waals surface area contributed by atoms with Crippen LogP contribution < -0.4 is 5.32 Å². The summed E-state index contributed by atoms with van der Waals surface area (Å²) in [6, 6.07) is 4.66. The number of aliphatic hydroxyl groups is 3. The number of carbonyl (C=O) groups is 1. The van der Waals surface area contributed by atoms with Crippen LogP contribution >= 0.6 is 21.6 Å². The van der Waals surface area contributed by atoms with E-state index >= 15 is 0 Å². The minimum atomic E-state index is -1.34. The lowest BCUT2D eigenvalue weighted by Crippen LogP contribution is -2.64. The van der Waals surface area contributed by atoms with Gasteiger partial charge in [0, 0.05) is 13.1 Å². The molecule has 1 aromatic heterocycles. The largest absolute Gasteiger partial charge is 0.394 e. The molecule has 0 bridgehead atoms. The number of rotatable bonds is 9. The molecule has 0 saturated carbocycles. The molecule has 4 N–H and O–H groups in total. The number of aliphatic hydroxyl groups excluding tert-OH is 3. The molecular formula is C17H24N2O6S2. The Morgan fingerprint density at radius 3 is 2.85 bits per heavy atom. The first kappa shape index (κ1) is 22.2. The third kappa shape index (κ3) is 6.46. The maximum atomic E-state index is 11.4. The molecule has 0 aliphatic carbocycles. The van der Waals surface area contributed by atoms with Gasteiger partial charge in [-0.05, 0) is 22.9 Å². The third-order valence-electron chi connectivity index (χ3n) is 3.83. The van der Waals surface area contributed by atoms with E-state index in [2.05, 4.69) is 16.9 Å². The lowest BCUT2D eigenvalue weighted by Gasteiger charge is -2.42. The van der Waals surface area contributed by atoms with Crippen molar-refractivity contribution in [2.24, 2.45) is 0 Å². The van der Waals surface area contributed by atoms with Gasteiger partial charge in [-0.25, -0.2) is 4.98 Å². The van der Waals surface area contributed by atoms with E-state index in [0.29, 0.717) is 0 Å². The van der Waals surface area contributed by atoms with E-state index in [4.69, 9.17) is 9.47 Å². The van der Waals surface area contributed by atoms with Gasteiger partial charge >= 0.3 is 0 Å². The number of carbonyl (C=O) groups excluding carboxylic acids is 1. The molecule has 27 heavy (non-hydrogen) atoms. The predicted octanol–water partition coefficient (Wildman–Crippen LogP) is 0.337. The lowest BCUT2D eigenvalue weighted by molar-refractivity contribution is -0.269. The second-order valence-corrected chi connectivity index (χ2v) is 8.35. The summed E-state index contributed by atoms with van der Waals surface area (Å²) in [4.78, 5) is 15.6. The number of hydrogen-bond donors (Lipinski definition) is 4. The maximum absolute atomic E-state index is 11.4. The van der Waals surface area contributed by atoms with Gasteiger partial charge in [0.05, 0.1) is 18.5 Å². The highest BCUT2D eigenvalue weighted by Crippen LogP contribution is 2.34. The SMILES string of the molecule is C=CC(CO[C@@H]1O[C@H](CO)[C@@H](O)[C@H](O)[C@H]1NC(C)=O)SSc1ccccn1. The summed E-state index contributed by atoms with van der Waals surface area (Å²) in [5.41, 5.74) is 0. The summed E-state index contributed by atoms with van der Waals surface area (Å²) in [7, 11) is 2.96. The molecule has 10 heteroatoms. The number of nitrogens with zero attached hydrogens (tertiary/aromatic N) is 1. The standard InChI is InChI=1S/C17H24N2O6S2/c1-3-11(26-27-13-6-4-5-7-18-13)9-24-17-14(19-10(2)21)16(23)15(22)12(8-20)25-17/h3-7,11-12,14-17,20,22-23H,1,8-9H2,2H3,(H,19,21)/t11?,12-,14-,15-,16-,17-/m1/s1. The summed E-state index contributed by atoms with van der Waals surface area (Å²) >= 11 is 0. The van der Waals surface area contributed by atoms with Crippen molar-refractivity contribution < 1.29 is 29.6 Å². The third-order valence-corrected chi connectivity index (χ3v) is 6.46. The monoisotopic (exact) mass is 416 g/mol. The van der Waals surface area contributed by atoms with Gasteiger partial charge in [-0.1, -0.05) is 22.9 Å². The van der Waals surface area contributed by atoms with Gasteiger partial charge < -0.3 is 30.1 Å². The fourth-order valence-corrected chi connectivity index (χ4v) is 4.48. The highest BCUT2D eigenvalue weighted by Gasteiger charge is 2.45. The second-order valence-electron chi connectivity index (χ2n) is 5.89. The Kier molecular flexibility index (Phi) is 9.03. The number of aromatic nitrogens is 1. The predicted molar refractivity (Wildman–Crippen MR) is 103 cm³/mol. The minimum absolute atomic E-state index is 0.116. The molecule has 8 nitrogen and oxygen atoms in total. The van der Waals surface area contributed by atoms with E-state index in [1.54, 1.807) is 12.3 Å². The van der Waals surface area contributed by atoms with Crippen molar-refractivity contribution >= 4 is 27.5 Å². The van der Waals surface area contributed by atoms with Crippen LogP contribution in [0.3, 0.4) is 0 Å². The van der Waals surface area contributed by atoms with E-state index in [9.17, 15) is 20.1 Å². The van der Waals surface area contributed by atoms with Gasteiger partial charge in [-0.15, -0.1) is 6.58 Å². The molecule has 1 unspecified atom stereocenters. The van der Waals surface area contributed by atoms with E-state index in [1.807, 2.05) is 18.2 Å². The second kappa shape index (κ2) is 11.0. The molecule has 1 aliphatic heterocycles. The van der Waals surface area contributed by atoms with E-state index in [-0.39, 0.29) is 11.9 Å². The number of amides is 1. The van der Waals surface area contributed by atoms with Crippen molar-refractivity contribution in [1.82, 2.24) is 10.3 Å². The van der Waals surface area contributed by atoms with Gasteiger partial charge in [0.2, 0.25) is 5.91 Å². The Labute approximate surface area is 165 Å². The Balaban J connectivity index is 1.96. The molecule has 2 rings (SSSR count). The van der Waals surface area contributed by atoms with Crippen LogP contribution in [0.2, 0.25) is 0 Å². The van der Waals surface area contributed by atoms with Crippen molar-refractivity contribution in [2.45, 2.75) is 47.8 Å². The van der Waals surface area contributed by atoms with Crippen LogP contribution in [-0.2, 0) is 14.3 Å². The van der Waals surface area contributed by atoms with E-state index in [1.165, 1.54) is 28.5 Å². The van der Waals surface area contributed by atoms with Crippen LogP contribution in [0.15, 0.2) is 42.1 Å². The summed E-state index contributed by atoms with van der Waals surface area (Å²) in [5.74, 6) is -0.397. The van der Waals surface area contributed by atoms with Crippen molar-refractivity contribution in [3.8, 4) is 0 Å². The van der Waals surface area contributed by atoms with Crippen LogP contribution in [0, 0.1) is 0 Å². The van der Waals surface area contributed by atoms with Gasteiger partial charge in [0.25, 0.3) is 0 Å². The molecule has 1 aliphatic rings. The average Bonchev–Trinajstić information content (AvgIpc) is 2.67. The highest BCUT2D eigenvalue weighted by atomic mass is 33.1. The first-order valence-electron chi connectivity index (χ1n) is 8.34. The molecule has 1 saturated heterocycles. The fourth-order valence-electron chi connectivity index (χ4n) is 2.45. The number of nitrogens with one attached hydrogen (secondary N) is 1. The van der Waals surface area contributed by atoms with Gasteiger partial charge in [-0.2, -0.15) is 0 Å². The van der Waals surface area contributed by atoms with Crippen LogP contribution in [0.5, 0.6) is 0 Å². The van der Waals surface area contributed by atoms with Gasteiger partial charge in [0.15, 0.2) is 6.29 Å². The van der Waals surface area contributed by atoms with Crippen LogP contribution in [-0.4, -0.2) is 75.3 Å². The summed E-state index contributed by atoms with van der Waals surface area (Å²) in [5, 5.41) is 32.8. The average molecular weight is 417 g/mol. The normalized spacial score (nSPS) is 29.1. The lowest BCUT2D eigenvalue weighted by atomic mass is 9.97. The molecule has 1 aromatic rings. The Bertz CT molecular complexity index is 608. The van der Waals surface area contributed by atoms with Crippen molar-refractivity contribution in [3.63, 3.8) is 0 Å². The fraction of sp³-hybridized carbons (Fsp3) is 0.529. The maximum Gasteiger partial charge on any atom is 0.217 e. The van der Waals surface area contributed by atoms with Crippen LogP contribution in [0.25, 0.3) is 0 Å². The molecular weight excluding hydrogens is 392 g/mol. The molecule has 0 spiro atoms. The Morgan fingerprint density at radius 2 is 2.26 bits per heavy atom. The number of ether oxygens (including phenoxy) is 2. The zero-order chi connectivity index (χ0) is 19.8. The quantitative estimate of drug-likeness (QED) is 0.333. The first-order chi connectivity index (χ1) is 13.0. The van der Waals surface area contributed by atoms with Crippen molar-refractivity contribution in [1.29, 1.82) is 0 Å². The highest BCUT2D eigenvalue weighted by molar-refractivity contribution is 8.77. The Morgan fingerprint density at radius 1 is 1.48 bits per heavy atom. The molecule has 1 fully saturated rings. The minimum Gasteiger partial charge on any atom is -0.394 e. The van der Waals surface area contributed by atoms with E-state index in [0.717, 1.165) is 5.03 Å². The van der Waals surface area contributed by atoms with Gasteiger partial charge in [0.1, 0.15) is 29.4 Å². The number of pyridine rings is 1. The van der Waals surface area contributed by atoms with E-state index < -0.39 is 43.2 Å². The van der Waals surface area contributed by atoms with Crippen molar-refractivity contribution in [2.75, 3.05) is 13.2 Å². The van der Waals surface area contributed by atoms with Crippen LogP contribution in [0.1, 0.15) is 6.92 Å². The zero-order valence-corrected chi connectivity index (χ0v) is 16.4. The topological polar surface area (TPSA) is 121 Å². The van der Waals surface area contributed by atoms with Gasteiger partial charge in [-0.3, -0.25) is 4.79 Å². The molecule has 0 radical (unpaired) electrons. The Hall–Kier alpha value is -1.14. The van der Waals surface area contributed by atoms with Crippen LogP contribution in [0.4, 0.5) is 0 Å². The first-order valence-corrected chi connectivity index (χ1v) is 10.6. The number of hydrogen-bond acceptors (Lipinski definition) is 9. The zero-order valence-electron chi connectivity index (χ0n) is 14.8.